The van der Waals surface area contributed by atoms with Crippen molar-refractivity contribution in [2.45, 2.75) is 46.1 Å². The summed E-state index contributed by atoms with van der Waals surface area (Å²) in [5.41, 5.74) is 5.70. The van der Waals surface area contributed by atoms with Crippen LogP contribution < -0.4 is 5.73 Å². The molecule has 0 spiro atoms. The molecule has 0 aromatic heterocycles. The zero-order chi connectivity index (χ0) is 10.3. The fraction of sp³-hybridized carbons (Fsp3) is 1.00. The summed E-state index contributed by atoms with van der Waals surface area (Å²) in [5.74, 6) is 0.822. The quantitative estimate of drug-likeness (QED) is 0.659. The van der Waals surface area contributed by atoms with Gasteiger partial charge < -0.3 is 10.6 Å². The van der Waals surface area contributed by atoms with Crippen molar-refractivity contribution in [2.24, 2.45) is 11.7 Å². The summed E-state index contributed by atoms with van der Waals surface area (Å²) in [6.45, 7) is 8.99. The number of nitrogens with two attached hydrogens (primary N) is 1. The highest BCUT2D eigenvalue weighted by Gasteiger charge is 2.05. The van der Waals surface area contributed by atoms with Crippen LogP contribution in [0, 0.1) is 5.92 Å². The number of rotatable bonds is 7. The van der Waals surface area contributed by atoms with Gasteiger partial charge in [0.25, 0.3) is 0 Å². The second-order valence-corrected chi connectivity index (χ2v) is 4.42. The zero-order valence-electron chi connectivity index (χ0n) is 9.71. The Morgan fingerprint density at radius 2 is 1.85 bits per heavy atom. The Kier molecular flexibility index (Phi) is 7.29. The van der Waals surface area contributed by atoms with Crippen LogP contribution >= 0.6 is 0 Å². The Morgan fingerprint density at radius 3 is 2.31 bits per heavy atom. The second-order valence-electron chi connectivity index (χ2n) is 4.42. The summed E-state index contributed by atoms with van der Waals surface area (Å²) < 4.78 is 0. The molecule has 0 radical (unpaired) electrons. The van der Waals surface area contributed by atoms with Crippen LogP contribution in [-0.4, -0.2) is 31.1 Å². The molecule has 2 unspecified atom stereocenters. The van der Waals surface area contributed by atoms with Crippen molar-refractivity contribution >= 4 is 0 Å². The van der Waals surface area contributed by atoms with Crippen molar-refractivity contribution in [3.05, 3.63) is 0 Å². The van der Waals surface area contributed by atoms with Gasteiger partial charge in [-0.15, -0.1) is 0 Å². The molecule has 0 saturated heterocycles. The van der Waals surface area contributed by atoms with Crippen LogP contribution in [0.1, 0.15) is 40.0 Å². The van der Waals surface area contributed by atoms with Gasteiger partial charge in [0.1, 0.15) is 0 Å². The highest BCUT2D eigenvalue weighted by Crippen LogP contribution is 2.06. The van der Waals surface area contributed by atoms with Crippen LogP contribution in [0.2, 0.25) is 0 Å². The third kappa shape index (κ3) is 8.26. The molecule has 2 heteroatoms. The van der Waals surface area contributed by atoms with Crippen molar-refractivity contribution < 1.29 is 0 Å². The highest BCUT2D eigenvalue weighted by atomic mass is 15.1. The van der Waals surface area contributed by atoms with Gasteiger partial charge in [-0.1, -0.05) is 20.3 Å². The number of nitrogens with zero attached hydrogens (tertiary/aromatic N) is 1. The smallest absolute Gasteiger partial charge is 0.00226 e. The van der Waals surface area contributed by atoms with Crippen LogP contribution in [0.3, 0.4) is 0 Å². The van der Waals surface area contributed by atoms with E-state index in [9.17, 15) is 0 Å². The molecule has 0 aromatic rings. The predicted molar refractivity (Wildman–Crippen MR) is 59.8 cm³/mol. The van der Waals surface area contributed by atoms with Crippen LogP contribution in [0.4, 0.5) is 0 Å². The lowest BCUT2D eigenvalue weighted by atomic mass is 10.1. The molecular formula is C11H26N2. The van der Waals surface area contributed by atoms with Gasteiger partial charge >= 0.3 is 0 Å². The topological polar surface area (TPSA) is 29.3 Å². The van der Waals surface area contributed by atoms with E-state index in [0.29, 0.717) is 6.04 Å². The molecule has 0 aromatic carbocycles. The molecule has 0 saturated carbocycles. The Bertz CT molecular complexity index is 113. The van der Waals surface area contributed by atoms with Crippen molar-refractivity contribution in [3.63, 3.8) is 0 Å². The minimum Gasteiger partial charge on any atom is -0.328 e. The summed E-state index contributed by atoms with van der Waals surface area (Å²) in [6.07, 6.45) is 3.74. The Labute approximate surface area is 83.5 Å². The Hall–Kier alpha value is -0.0800. The van der Waals surface area contributed by atoms with E-state index in [1.54, 1.807) is 0 Å². The van der Waals surface area contributed by atoms with Crippen LogP contribution in [0.25, 0.3) is 0 Å². The molecule has 80 valence electrons. The van der Waals surface area contributed by atoms with Gasteiger partial charge in [0.2, 0.25) is 0 Å². The maximum atomic E-state index is 5.70. The van der Waals surface area contributed by atoms with Gasteiger partial charge in [-0.2, -0.15) is 0 Å². The Balaban J connectivity index is 3.43. The van der Waals surface area contributed by atoms with E-state index in [-0.39, 0.29) is 0 Å². The number of hydrogen-bond acceptors (Lipinski definition) is 2. The van der Waals surface area contributed by atoms with E-state index < -0.39 is 0 Å². The molecule has 0 amide bonds. The summed E-state index contributed by atoms with van der Waals surface area (Å²) in [5, 5.41) is 0. The molecule has 0 aliphatic carbocycles. The van der Waals surface area contributed by atoms with Crippen LogP contribution in [0.5, 0.6) is 0 Å². The normalized spacial score (nSPS) is 16.2. The first-order valence-electron chi connectivity index (χ1n) is 5.50. The molecule has 0 heterocycles. The largest absolute Gasteiger partial charge is 0.328 e. The van der Waals surface area contributed by atoms with Gasteiger partial charge in [-0.3, -0.25) is 0 Å². The average Bonchev–Trinajstić information content (AvgIpc) is 2.01. The first-order chi connectivity index (χ1) is 6.06. The van der Waals surface area contributed by atoms with Gasteiger partial charge in [0, 0.05) is 12.6 Å². The third-order valence-electron chi connectivity index (χ3n) is 2.37. The second kappa shape index (κ2) is 7.34. The molecule has 2 N–H and O–H groups in total. The molecular weight excluding hydrogens is 160 g/mol. The molecule has 0 aliphatic heterocycles. The fourth-order valence-corrected chi connectivity index (χ4v) is 1.63. The molecule has 0 bridgehead atoms. The van der Waals surface area contributed by atoms with Crippen molar-refractivity contribution in [1.82, 2.24) is 4.90 Å². The first kappa shape index (κ1) is 12.9. The Morgan fingerprint density at radius 1 is 1.23 bits per heavy atom. The molecule has 13 heavy (non-hydrogen) atoms. The average molecular weight is 186 g/mol. The lowest BCUT2D eigenvalue weighted by molar-refractivity contribution is 0.269. The molecule has 0 rings (SSSR count). The SMILES string of the molecule is CCCC(C)CN(C)CCC(C)N. The van der Waals surface area contributed by atoms with E-state index in [2.05, 4.69) is 32.7 Å². The monoisotopic (exact) mass is 186 g/mol. The van der Waals surface area contributed by atoms with Gasteiger partial charge in [-0.25, -0.2) is 0 Å². The van der Waals surface area contributed by atoms with E-state index in [4.69, 9.17) is 5.73 Å². The third-order valence-corrected chi connectivity index (χ3v) is 2.37. The lowest BCUT2D eigenvalue weighted by Crippen LogP contribution is -2.29. The number of hydrogen-bond donors (Lipinski definition) is 1. The predicted octanol–water partition coefficient (Wildman–Crippen LogP) is 2.09. The molecule has 2 atom stereocenters. The lowest BCUT2D eigenvalue weighted by Gasteiger charge is -2.21. The summed E-state index contributed by atoms with van der Waals surface area (Å²) in [7, 11) is 2.19. The van der Waals surface area contributed by atoms with E-state index in [1.807, 2.05) is 0 Å². The van der Waals surface area contributed by atoms with Crippen molar-refractivity contribution in [1.29, 1.82) is 0 Å². The van der Waals surface area contributed by atoms with E-state index >= 15 is 0 Å². The summed E-state index contributed by atoms with van der Waals surface area (Å²) in [6, 6.07) is 0.337. The molecule has 0 fully saturated rings. The fourth-order valence-electron chi connectivity index (χ4n) is 1.63. The maximum Gasteiger partial charge on any atom is 0.00226 e. The maximum absolute atomic E-state index is 5.70. The first-order valence-corrected chi connectivity index (χ1v) is 5.50. The zero-order valence-corrected chi connectivity index (χ0v) is 9.71. The van der Waals surface area contributed by atoms with Crippen LogP contribution in [0.15, 0.2) is 0 Å². The van der Waals surface area contributed by atoms with Gasteiger partial charge in [-0.05, 0) is 39.3 Å². The van der Waals surface area contributed by atoms with Crippen molar-refractivity contribution in [2.75, 3.05) is 20.1 Å². The molecule has 2 nitrogen and oxygen atoms in total. The van der Waals surface area contributed by atoms with Gasteiger partial charge in [0.05, 0.1) is 0 Å². The van der Waals surface area contributed by atoms with Crippen LogP contribution in [-0.2, 0) is 0 Å². The van der Waals surface area contributed by atoms with Crippen molar-refractivity contribution in [3.8, 4) is 0 Å². The van der Waals surface area contributed by atoms with Gasteiger partial charge in [0.15, 0.2) is 0 Å². The standard InChI is InChI=1S/C11H26N2/c1-5-6-10(2)9-13(4)8-7-11(3)12/h10-11H,5-9,12H2,1-4H3. The molecule has 0 aliphatic rings. The van der Waals surface area contributed by atoms with E-state index in [1.165, 1.54) is 19.4 Å². The summed E-state index contributed by atoms with van der Waals surface area (Å²) >= 11 is 0. The summed E-state index contributed by atoms with van der Waals surface area (Å²) in [4.78, 5) is 2.39. The minimum atomic E-state index is 0.337. The van der Waals surface area contributed by atoms with E-state index in [0.717, 1.165) is 18.9 Å². The minimum absolute atomic E-state index is 0.337. The highest BCUT2D eigenvalue weighted by molar-refractivity contribution is 4.61.